The molecular weight excluding hydrogens is 414 g/mol. The third-order valence-corrected chi connectivity index (χ3v) is 5.54. The zero-order valence-corrected chi connectivity index (χ0v) is 19.0. The number of carbonyl (C=O) groups is 1. The van der Waals surface area contributed by atoms with Crippen molar-refractivity contribution in [2.45, 2.75) is 20.0 Å². The molecule has 4 rings (SSSR count). The molecule has 0 amide bonds. The molecule has 0 aliphatic rings. The third kappa shape index (κ3) is 5.13. The monoisotopic (exact) mass is 441 g/mol. The molecule has 6 heteroatoms. The predicted octanol–water partition coefficient (Wildman–Crippen LogP) is 5.43. The Balaban J connectivity index is 1.52. The highest BCUT2D eigenvalue weighted by Crippen LogP contribution is 2.30. The summed E-state index contributed by atoms with van der Waals surface area (Å²) in [5.41, 5.74) is 5.63. The van der Waals surface area contributed by atoms with Crippen molar-refractivity contribution < 1.29 is 14.6 Å². The lowest BCUT2D eigenvalue weighted by molar-refractivity contribution is 0.0601. The Bertz CT molecular complexity index is 1290. The fourth-order valence-electron chi connectivity index (χ4n) is 3.98. The van der Waals surface area contributed by atoms with Gasteiger partial charge in [0, 0.05) is 24.0 Å². The summed E-state index contributed by atoms with van der Waals surface area (Å²) in [6, 6.07) is 23.6. The predicted molar refractivity (Wildman–Crippen MR) is 131 cm³/mol. The molecule has 33 heavy (non-hydrogen) atoms. The minimum absolute atomic E-state index is 0.0208. The van der Waals surface area contributed by atoms with Crippen LogP contribution >= 0.6 is 0 Å². The van der Waals surface area contributed by atoms with Crippen LogP contribution in [0.25, 0.3) is 10.9 Å². The largest absolute Gasteiger partial charge is 0.494 e. The van der Waals surface area contributed by atoms with E-state index in [4.69, 9.17) is 9.73 Å². The second-order valence-corrected chi connectivity index (χ2v) is 8.12. The molecule has 0 bridgehead atoms. The van der Waals surface area contributed by atoms with E-state index in [1.165, 1.54) is 18.2 Å². The van der Waals surface area contributed by atoms with Crippen LogP contribution in [0.3, 0.4) is 0 Å². The summed E-state index contributed by atoms with van der Waals surface area (Å²) in [7, 11) is 3.45. The highest BCUT2D eigenvalue weighted by Gasteiger charge is 2.16. The lowest BCUT2D eigenvalue weighted by Gasteiger charge is -2.17. The molecule has 168 valence electrons. The van der Waals surface area contributed by atoms with E-state index in [1.54, 1.807) is 18.2 Å². The fourth-order valence-corrected chi connectivity index (χ4v) is 3.98. The Kier molecular flexibility index (Phi) is 6.56. The van der Waals surface area contributed by atoms with E-state index in [1.807, 2.05) is 25.1 Å². The van der Waals surface area contributed by atoms with Gasteiger partial charge in [0.1, 0.15) is 0 Å². The van der Waals surface area contributed by atoms with Crippen LogP contribution in [-0.4, -0.2) is 40.8 Å². The summed E-state index contributed by atoms with van der Waals surface area (Å²) in [5.74, 6) is -0.404. The van der Waals surface area contributed by atoms with Crippen LogP contribution in [0.2, 0.25) is 0 Å². The Morgan fingerprint density at radius 2 is 1.67 bits per heavy atom. The molecule has 0 saturated heterocycles. The second kappa shape index (κ2) is 9.71. The molecular formula is C27H27N3O3. The Labute approximate surface area is 193 Å². The van der Waals surface area contributed by atoms with Crippen molar-refractivity contribution in [3.63, 3.8) is 0 Å². The topological polar surface area (TPSA) is 77.9 Å². The van der Waals surface area contributed by atoms with Gasteiger partial charge in [-0.15, -0.1) is 0 Å². The van der Waals surface area contributed by atoms with Crippen LogP contribution in [0.5, 0.6) is 5.88 Å². The zero-order valence-electron chi connectivity index (χ0n) is 19.0. The van der Waals surface area contributed by atoms with Crippen molar-refractivity contribution in [3.05, 3.63) is 95.1 Å². The highest BCUT2D eigenvalue weighted by atomic mass is 16.5. The van der Waals surface area contributed by atoms with Crippen molar-refractivity contribution in [3.8, 4) is 5.88 Å². The number of carbonyl (C=O) groups excluding carboxylic acids is 1. The van der Waals surface area contributed by atoms with Gasteiger partial charge in [-0.05, 0) is 55.4 Å². The van der Waals surface area contributed by atoms with Crippen molar-refractivity contribution in [2.24, 2.45) is 4.99 Å². The molecule has 0 aliphatic carbocycles. The standard InChI is InChI=1S/C27H27N3O3/c1-18(25-23-15-21(27(32)33-3)11-14-24(23)29-26(25)31)28-22-12-9-20(10-13-22)17-30(2)16-19-7-5-4-6-8-19/h4-15,29,31H,16-17H2,1-3H3. The van der Waals surface area contributed by atoms with Crippen molar-refractivity contribution >= 4 is 28.3 Å². The first-order valence-corrected chi connectivity index (χ1v) is 10.7. The van der Waals surface area contributed by atoms with Crippen molar-refractivity contribution in [1.29, 1.82) is 0 Å². The molecule has 0 fully saturated rings. The molecule has 4 aromatic rings. The van der Waals surface area contributed by atoms with Gasteiger partial charge in [0.05, 0.1) is 29.6 Å². The number of hydrogen-bond acceptors (Lipinski definition) is 5. The van der Waals surface area contributed by atoms with Crippen molar-refractivity contribution in [1.82, 2.24) is 9.88 Å². The summed E-state index contributed by atoms with van der Waals surface area (Å²) in [4.78, 5) is 21.8. The molecule has 2 N–H and O–H groups in total. The first-order valence-electron chi connectivity index (χ1n) is 10.7. The normalized spacial score (nSPS) is 11.8. The summed E-state index contributed by atoms with van der Waals surface area (Å²) in [6.45, 7) is 3.55. The summed E-state index contributed by atoms with van der Waals surface area (Å²) in [6.07, 6.45) is 0. The van der Waals surface area contributed by atoms with Gasteiger partial charge >= 0.3 is 5.97 Å². The SMILES string of the molecule is COC(=O)c1ccc2[nH]c(O)c(C(C)=Nc3ccc(CN(C)Cc4ccccc4)cc3)c2c1. The number of methoxy groups -OCH3 is 1. The fraction of sp³-hybridized carbons (Fsp3) is 0.185. The van der Waals surface area contributed by atoms with Crippen LogP contribution in [0.4, 0.5) is 5.69 Å². The van der Waals surface area contributed by atoms with Gasteiger partial charge in [-0.25, -0.2) is 4.79 Å². The highest BCUT2D eigenvalue weighted by molar-refractivity contribution is 6.13. The van der Waals surface area contributed by atoms with Crippen molar-refractivity contribution in [2.75, 3.05) is 14.2 Å². The Morgan fingerprint density at radius 3 is 2.33 bits per heavy atom. The van der Waals surface area contributed by atoms with Gasteiger partial charge in [0.25, 0.3) is 0 Å². The number of benzene rings is 3. The minimum Gasteiger partial charge on any atom is -0.494 e. The first-order chi connectivity index (χ1) is 15.9. The number of aromatic nitrogens is 1. The zero-order chi connectivity index (χ0) is 23.4. The van der Waals surface area contributed by atoms with Gasteiger partial charge in [-0.2, -0.15) is 0 Å². The lowest BCUT2D eigenvalue weighted by atomic mass is 10.1. The quantitative estimate of drug-likeness (QED) is 0.296. The number of aromatic amines is 1. The van der Waals surface area contributed by atoms with Crippen LogP contribution in [-0.2, 0) is 17.8 Å². The number of aromatic hydroxyl groups is 1. The Morgan fingerprint density at radius 1 is 1.00 bits per heavy atom. The van der Waals surface area contributed by atoms with E-state index in [0.717, 1.165) is 29.7 Å². The Hall–Kier alpha value is -3.90. The molecule has 0 unspecified atom stereocenters. The lowest BCUT2D eigenvalue weighted by Crippen LogP contribution is -2.17. The number of nitrogens with zero attached hydrogens (tertiary/aromatic N) is 2. The molecule has 1 aromatic heterocycles. The number of fused-ring (bicyclic) bond motifs is 1. The van der Waals surface area contributed by atoms with Gasteiger partial charge in [0.2, 0.25) is 0 Å². The van der Waals surface area contributed by atoms with E-state index < -0.39 is 5.97 Å². The average Bonchev–Trinajstić information content (AvgIpc) is 3.15. The number of H-pyrrole nitrogens is 1. The first kappa shape index (κ1) is 22.3. The van der Waals surface area contributed by atoms with Crippen LogP contribution in [0, 0.1) is 0 Å². The van der Waals surface area contributed by atoms with E-state index >= 15 is 0 Å². The maximum atomic E-state index is 11.9. The molecule has 0 saturated carbocycles. The molecule has 3 aromatic carbocycles. The van der Waals surface area contributed by atoms with E-state index in [-0.39, 0.29) is 5.88 Å². The maximum Gasteiger partial charge on any atom is 0.337 e. The number of ether oxygens (including phenoxy) is 1. The number of esters is 1. The molecule has 0 atom stereocenters. The molecule has 0 spiro atoms. The van der Waals surface area contributed by atoms with Gasteiger partial charge < -0.3 is 14.8 Å². The summed E-state index contributed by atoms with van der Waals surface area (Å²) >= 11 is 0. The number of hydrogen-bond donors (Lipinski definition) is 2. The second-order valence-electron chi connectivity index (χ2n) is 8.12. The maximum absolute atomic E-state index is 11.9. The van der Waals surface area contributed by atoms with Crippen LogP contribution in [0.15, 0.2) is 77.8 Å². The van der Waals surface area contributed by atoms with E-state index in [2.05, 4.69) is 53.3 Å². The summed E-state index contributed by atoms with van der Waals surface area (Å²) in [5, 5.41) is 11.2. The average molecular weight is 442 g/mol. The van der Waals surface area contributed by atoms with Crippen LogP contribution < -0.4 is 0 Å². The van der Waals surface area contributed by atoms with E-state index in [0.29, 0.717) is 16.8 Å². The van der Waals surface area contributed by atoms with Gasteiger partial charge in [-0.1, -0.05) is 42.5 Å². The van der Waals surface area contributed by atoms with Gasteiger partial charge in [-0.3, -0.25) is 9.89 Å². The molecule has 0 radical (unpaired) electrons. The van der Waals surface area contributed by atoms with Crippen LogP contribution in [0.1, 0.15) is 34.0 Å². The molecule has 0 aliphatic heterocycles. The van der Waals surface area contributed by atoms with Gasteiger partial charge in [0.15, 0.2) is 5.88 Å². The minimum atomic E-state index is -0.425. The summed E-state index contributed by atoms with van der Waals surface area (Å²) < 4.78 is 4.81. The number of nitrogens with one attached hydrogen (secondary N) is 1. The molecule has 1 heterocycles. The number of aliphatic imine (C=N–C) groups is 1. The number of rotatable bonds is 7. The smallest absolute Gasteiger partial charge is 0.337 e. The van der Waals surface area contributed by atoms with E-state index in [9.17, 15) is 9.90 Å². The molecule has 6 nitrogen and oxygen atoms in total. The third-order valence-electron chi connectivity index (χ3n) is 5.54.